The van der Waals surface area contributed by atoms with Crippen molar-refractivity contribution in [2.45, 2.75) is 13.0 Å². The lowest BCUT2D eigenvalue weighted by atomic mass is 10.2. The molecular weight excluding hydrogens is 385 g/mol. The summed E-state index contributed by atoms with van der Waals surface area (Å²) in [5.74, 6) is 0.467. The van der Waals surface area contributed by atoms with Crippen LogP contribution in [0.15, 0.2) is 42.5 Å². The maximum atomic E-state index is 12.9. The molecule has 0 saturated heterocycles. The zero-order valence-corrected chi connectivity index (χ0v) is 16.8. The van der Waals surface area contributed by atoms with Crippen LogP contribution in [0.2, 0.25) is 10.0 Å². The van der Waals surface area contributed by atoms with Gasteiger partial charge in [-0.1, -0.05) is 41.4 Å². The Hall–Kier alpha value is -2.26. The van der Waals surface area contributed by atoms with Gasteiger partial charge in [-0.25, -0.2) is 0 Å². The molecular formula is C20H21Cl2N3O2. The third kappa shape index (κ3) is 5.86. The van der Waals surface area contributed by atoms with E-state index in [4.69, 9.17) is 33.2 Å². The number of halogens is 2. The van der Waals surface area contributed by atoms with Gasteiger partial charge >= 0.3 is 0 Å². The lowest BCUT2D eigenvalue weighted by molar-refractivity contribution is -0.119. The Balaban J connectivity index is 2.14. The van der Waals surface area contributed by atoms with Crippen LogP contribution >= 0.6 is 23.2 Å². The van der Waals surface area contributed by atoms with E-state index in [2.05, 4.69) is 6.07 Å². The molecule has 0 saturated carbocycles. The van der Waals surface area contributed by atoms with E-state index < -0.39 is 0 Å². The molecule has 0 aliphatic heterocycles. The Labute approximate surface area is 169 Å². The number of hydrogen-bond donors (Lipinski definition) is 0. The molecule has 0 N–H and O–H groups in total. The number of likely N-dealkylation sites (N-methyl/N-ethyl adjacent to an activating group) is 1. The molecule has 2 aromatic carbocycles. The SMILES string of the molecule is COc1ccccc1N(CCC#N)C(=O)CN(C)Cc1ccc(Cl)cc1Cl. The molecule has 1 amide bonds. The van der Waals surface area contributed by atoms with E-state index in [9.17, 15) is 4.79 Å². The summed E-state index contributed by atoms with van der Waals surface area (Å²) >= 11 is 12.1. The van der Waals surface area contributed by atoms with Gasteiger partial charge < -0.3 is 9.64 Å². The number of benzene rings is 2. The number of rotatable bonds is 8. The van der Waals surface area contributed by atoms with Gasteiger partial charge in [0.25, 0.3) is 0 Å². The number of amides is 1. The maximum Gasteiger partial charge on any atom is 0.241 e. The molecule has 0 aliphatic carbocycles. The van der Waals surface area contributed by atoms with Crippen LogP contribution in [-0.4, -0.2) is 38.1 Å². The van der Waals surface area contributed by atoms with E-state index in [0.29, 0.717) is 34.6 Å². The van der Waals surface area contributed by atoms with Crippen molar-refractivity contribution in [1.29, 1.82) is 5.26 Å². The number of anilines is 1. The summed E-state index contributed by atoms with van der Waals surface area (Å²) in [4.78, 5) is 16.4. The molecule has 0 heterocycles. The number of nitrogens with zero attached hydrogens (tertiary/aromatic N) is 3. The Morgan fingerprint density at radius 3 is 2.63 bits per heavy atom. The fourth-order valence-corrected chi connectivity index (χ4v) is 3.18. The molecule has 0 aromatic heterocycles. The van der Waals surface area contributed by atoms with Gasteiger partial charge in [-0.05, 0) is 36.9 Å². The standard InChI is InChI=1S/C20H21Cl2N3O2/c1-24(13-15-8-9-16(21)12-17(15)22)14-20(26)25(11-5-10-23)18-6-3-4-7-19(18)27-2/h3-4,6-9,12H,5,11,13-14H2,1-2H3. The fraction of sp³-hybridized carbons (Fsp3) is 0.300. The van der Waals surface area contributed by atoms with Crippen molar-refractivity contribution >= 4 is 34.8 Å². The van der Waals surface area contributed by atoms with Gasteiger partial charge in [-0.15, -0.1) is 0 Å². The zero-order valence-electron chi connectivity index (χ0n) is 15.3. The molecule has 0 bridgehead atoms. The van der Waals surface area contributed by atoms with Crippen molar-refractivity contribution in [3.63, 3.8) is 0 Å². The van der Waals surface area contributed by atoms with Gasteiger partial charge in [0.15, 0.2) is 0 Å². The molecule has 0 aliphatic rings. The molecule has 5 nitrogen and oxygen atoms in total. The van der Waals surface area contributed by atoms with Gasteiger partial charge in [-0.3, -0.25) is 9.69 Å². The summed E-state index contributed by atoms with van der Waals surface area (Å²) in [6.45, 7) is 0.966. The Morgan fingerprint density at radius 1 is 1.22 bits per heavy atom. The van der Waals surface area contributed by atoms with Crippen LogP contribution in [0.1, 0.15) is 12.0 Å². The summed E-state index contributed by atoms with van der Waals surface area (Å²) in [5, 5.41) is 10.1. The molecule has 142 valence electrons. The molecule has 0 fully saturated rings. The van der Waals surface area contributed by atoms with Crippen LogP contribution in [0.5, 0.6) is 5.75 Å². The van der Waals surface area contributed by atoms with Crippen molar-refractivity contribution in [2.75, 3.05) is 32.1 Å². The third-order valence-electron chi connectivity index (χ3n) is 3.98. The van der Waals surface area contributed by atoms with E-state index in [1.54, 1.807) is 30.2 Å². The second-order valence-corrected chi connectivity index (χ2v) is 6.88. The first-order valence-electron chi connectivity index (χ1n) is 8.39. The van der Waals surface area contributed by atoms with Crippen molar-refractivity contribution in [3.05, 3.63) is 58.1 Å². The van der Waals surface area contributed by atoms with Crippen molar-refractivity contribution < 1.29 is 9.53 Å². The minimum absolute atomic E-state index is 0.123. The number of carbonyl (C=O) groups excluding carboxylic acids is 1. The van der Waals surface area contributed by atoms with Crippen molar-refractivity contribution in [3.8, 4) is 11.8 Å². The van der Waals surface area contributed by atoms with Gasteiger partial charge in [-0.2, -0.15) is 5.26 Å². The Kier molecular flexibility index (Phi) is 7.93. The molecule has 2 aromatic rings. The van der Waals surface area contributed by atoms with Crippen LogP contribution in [0.25, 0.3) is 0 Å². The minimum atomic E-state index is -0.123. The van der Waals surface area contributed by atoms with Gasteiger partial charge in [0, 0.05) is 23.1 Å². The first-order valence-corrected chi connectivity index (χ1v) is 9.14. The first kappa shape index (κ1) is 21.0. The minimum Gasteiger partial charge on any atom is -0.495 e. The highest BCUT2D eigenvalue weighted by atomic mass is 35.5. The van der Waals surface area contributed by atoms with E-state index in [1.165, 1.54) is 0 Å². The third-order valence-corrected chi connectivity index (χ3v) is 4.57. The monoisotopic (exact) mass is 405 g/mol. The number of ether oxygens (including phenoxy) is 1. The average Bonchev–Trinajstić information content (AvgIpc) is 2.64. The largest absolute Gasteiger partial charge is 0.495 e. The second-order valence-electron chi connectivity index (χ2n) is 6.03. The number of para-hydroxylation sites is 2. The average molecular weight is 406 g/mol. The van der Waals surface area contributed by atoms with Crippen LogP contribution in [-0.2, 0) is 11.3 Å². The molecule has 2 rings (SSSR count). The van der Waals surface area contributed by atoms with Crippen LogP contribution in [0.4, 0.5) is 5.69 Å². The first-order chi connectivity index (χ1) is 13.0. The number of hydrogen-bond acceptors (Lipinski definition) is 4. The number of carbonyl (C=O) groups is 1. The molecule has 0 spiro atoms. The topological polar surface area (TPSA) is 56.6 Å². The van der Waals surface area contributed by atoms with Crippen LogP contribution in [0, 0.1) is 11.3 Å². The molecule has 27 heavy (non-hydrogen) atoms. The quantitative estimate of drug-likeness (QED) is 0.653. The molecule has 0 radical (unpaired) electrons. The summed E-state index contributed by atoms with van der Waals surface area (Å²) in [6, 6.07) is 14.7. The summed E-state index contributed by atoms with van der Waals surface area (Å²) in [6.07, 6.45) is 0.233. The van der Waals surface area contributed by atoms with Gasteiger partial charge in [0.2, 0.25) is 5.91 Å². The van der Waals surface area contributed by atoms with Crippen LogP contribution < -0.4 is 9.64 Å². The highest BCUT2D eigenvalue weighted by Gasteiger charge is 2.20. The summed E-state index contributed by atoms with van der Waals surface area (Å²) < 4.78 is 5.36. The van der Waals surface area contributed by atoms with Crippen LogP contribution in [0.3, 0.4) is 0 Å². The highest BCUT2D eigenvalue weighted by molar-refractivity contribution is 6.35. The Bertz CT molecular complexity index is 836. The molecule has 0 unspecified atom stereocenters. The predicted molar refractivity (Wildman–Crippen MR) is 108 cm³/mol. The Morgan fingerprint density at radius 2 is 1.96 bits per heavy atom. The maximum absolute atomic E-state index is 12.9. The predicted octanol–water partition coefficient (Wildman–Crippen LogP) is 4.38. The van der Waals surface area contributed by atoms with E-state index in [1.807, 2.05) is 36.2 Å². The second kappa shape index (κ2) is 10.2. The van der Waals surface area contributed by atoms with Gasteiger partial charge in [0.05, 0.1) is 31.8 Å². The lowest BCUT2D eigenvalue weighted by Crippen LogP contribution is -2.39. The molecule has 0 atom stereocenters. The smallest absolute Gasteiger partial charge is 0.241 e. The van der Waals surface area contributed by atoms with Crippen molar-refractivity contribution in [2.24, 2.45) is 0 Å². The van der Waals surface area contributed by atoms with E-state index in [-0.39, 0.29) is 18.9 Å². The van der Waals surface area contributed by atoms with Crippen molar-refractivity contribution in [1.82, 2.24) is 4.90 Å². The normalized spacial score (nSPS) is 10.5. The highest BCUT2D eigenvalue weighted by Crippen LogP contribution is 2.28. The lowest BCUT2D eigenvalue weighted by Gasteiger charge is -2.26. The number of methoxy groups -OCH3 is 1. The van der Waals surface area contributed by atoms with E-state index in [0.717, 1.165) is 5.56 Å². The fourth-order valence-electron chi connectivity index (χ4n) is 2.71. The zero-order chi connectivity index (χ0) is 19.8. The number of nitriles is 1. The summed E-state index contributed by atoms with van der Waals surface area (Å²) in [7, 11) is 3.40. The summed E-state index contributed by atoms with van der Waals surface area (Å²) in [5.41, 5.74) is 1.54. The van der Waals surface area contributed by atoms with E-state index >= 15 is 0 Å². The molecule has 7 heteroatoms. The van der Waals surface area contributed by atoms with Gasteiger partial charge in [0.1, 0.15) is 5.75 Å².